The van der Waals surface area contributed by atoms with Crippen LogP contribution < -0.4 is 9.38 Å². The monoisotopic (exact) mass is 328 g/mol. The van der Waals surface area contributed by atoms with Crippen molar-refractivity contribution >= 4 is 33.7 Å². The highest BCUT2D eigenvalue weighted by atomic mass is 32.1. The number of anilines is 1. The van der Waals surface area contributed by atoms with Gasteiger partial charge in [0.25, 0.3) is 0 Å². The van der Waals surface area contributed by atoms with Gasteiger partial charge in [-0.25, -0.2) is 4.57 Å². The normalized spacial score (nSPS) is 30.8. The average Bonchev–Trinajstić information content (AvgIpc) is 3.13. The molecule has 3 heterocycles. The van der Waals surface area contributed by atoms with Gasteiger partial charge < -0.3 is 0 Å². The van der Waals surface area contributed by atoms with Crippen LogP contribution in [0.15, 0.2) is 24.3 Å². The molecule has 0 radical (unpaired) electrons. The molecule has 23 heavy (non-hydrogen) atoms. The van der Waals surface area contributed by atoms with E-state index in [1.54, 1.807) is 0 Å². The number of benzene rings is 1. The summed E-state index contributed by atoms with van der Waals surface area (Å²) in [5.74, 6) is 0. The molecule has 2 atom stereocenters. The van der Waals surface area contributed by atoms with Crippen LogP contribution in [0.5, 0.6) is 0 Å². The first-order chi connectivity index (χ1) is 11.0. The van der Waals surface area contributed by atoms with Gasteiger partial charge in [0, 0.05) is 6.54 Å². The van der Waals surface area contributed by atoms with Crippen LogP contribution in [0.4, 0.5) is 5.13 Å². The predicted octanol–water partition coefficient (Wildman–Crippen LogP) is 3.74. The molecule has 0 saturated carbocycles. The number of fused-ring (bicyclic) bond motifs is 5. The Labute approximate surface area is 144 Å². The summed E-state index contributed by atoms with van der Waals surface area (Å²) in [5, 5.41) is 1.69. The van der Waals surface area contributed by atoms with Crippen molar-refractivity contribution in [2.24, 2.45) is 0 Å². The molecule has 5 heteroatoms. The minimum atomic E-state index is 0.135. The third-order valence-corrected chi connectivity index (χ3v) is 8.03. The summed E-state index contributed by atoms with van der Waals surface area (Å²) in [4.78, 5) is 5.25. The second kappa shape index (κ2) is 4.96. The van der Waals surface area contributed by atoms with Crippen molar-refractivity contribution in [3.8, 4) is 0 Å². The first-order valence-electron chi connectivity index (χ1n) is 8.89. The molecule has 122 valence electrons. The van der Waals surface area contributed by atoms with Gasteiger partial charge in [-0.05, 0) is 50.3 Å². The van der Waals surface area contributed by atoms with Gasteiger partial charge in [-0.3, -0.25) is 9.62 Å². The maximum atomic E-state index is 2.67. The van der Waals surface area contributed by atoms with Crippen LogP contribution in [0.2, 0.25) is 5.31 Å². The SMILES string of the molecule is CCC1(C)B2N(C)CCN2c2sc3ccccc3[n+]2C1(C)CC. The van der Waals surface area contributed by atoms with Crippen LogP contribution in [0.25, 0.3) is 10.2 Å². The molecule has 1 saturated heterocycles. The molecule has 2 aliphatic heterocycles. The molecule has 2 aliphatic rings. The van der Waals surface area contributed by atoms with Gasteiger partial charge in [-0.15, -0.1) is 0 Å². The van der Waals surface area contributed by atoms with E-state index < -0.39 is 0 Å². The van der Waals surface area contributed by atoms with Crippen molar-refractivity contribution in [2.45, 2.75) is 51.4 Å². The van der Waals surface area contributed by atoms with Gasteiger partial charge in [0.15, 0.2) is 0 Å². The summed E-state index contributed by atoms with van der Waals surface area (Å²) in [6.07, 6.45) is 2.35. The van der Waals surface area contributed by atoms with Crippen molar-refractivity contribution in [3.63, 3.8) is 0 Å². The summed E-state index contributed by atoms with van der Waals surface area (Å²) in [6, 6.07) is 8.93. The molecule has 1 aromatic heterocycles. The maximum absolute atomic E-state index is 2.67. The first-order valence-corrected chi connectivity index (χ1v) is 9.70. The fraction of sp³-hybridized carbons (Fsp3) is 0.611. The topological polar surface area (TPSA) is 10.4 Å². The lowest BCUT2D eigenvalue weighted by Crippen LogP contribution is -2.73. The summed E-state index contributed by atoms with van der Waals surface area (Å²) >= 11 is 1.97. The molecule has 2 aromatic rings. The van der Waals surface area contributed by atoms with E-state index in [1.165, 1.54) is 21.8 Å². The lowest BCUT2D eigenvalue weighted by molar-refractivity contribution is -0.733. The van der Waals surface area contributed by atoms with E-state index in [0.717, 1.165) is 19.5 Å². The summed E-state index contributed by atoms with van der Waals surface area (Å²) in [7, 11) is 2.30. The Bertz CT molecular complexity index is 760. The minimum Gasteiger partial charge on any atom is -0.300 e. The highest BCUT2D eigenvalue weighted by Gasteiger charge is 2.68. The molecule has 1 fully saturated rings. The molecule has 0 spiro atoms. The number of para-hydroxylation sites is 1. The van der Waals surface area contributed by atoms with Crippen molar-refractivity contribution in [2.75, 3.05) is 24.9 Å². The molecular weight excluding hydrogens is 301 g/mol. The fourth-order valence-electron chi connectivity index (χ4n) is 5.08. The molecule has 4 rings (SSSR count). The number of aromatic nitrogens is 1. The number of likely N-dealkylation sites (N-methyl/N-ethyl adjacent to an activating group) is 1. The Morgan fingerprint density at radius 2 is 1.91 bits per heavy atom. The van der Waals surface area contributed by atoms with Crippen LogP contribution >= 0.6 is 11.3 Å². The standard InChI is InChI=1S/C18H27BN3S/c1-6-17(3)18(4,7-2)22-14-10-8-9-11-15(14)23-16(22)21-13-12-20(5)19(17)21/h8-11H,6-7,12-13H2,1-5H3/q+1. The Morgan fingerprint density at radius 3 is 2.61 bits per heavy atom. The van der Waals surface area contributed by atoms with E-state index in [9.17, 15) is 0 Å². The van der Waals surface area contributed by atoms with Crippen molar-refractivity contribution in [1.82, 2.24) is 4.81 Å². The summed E-state index contributed by atoms with van der Waals surface area (Å²) in [6.45, 7) is 12.5. The smallest absolute Gasteiger partial charge is 0.300 e. The lowest BCUT2D eigenvalue weighted by Gasteiger charge is -2.50. The fourth-order valence-corrected chi connectivity index (χ4v) is 6.38. The van der Waals surface area contributed by atoms with Crippen LogP contribution in [0.1, 0.15) is 40.5 Å². The third-order valence-electron chi connectivity index (χ3n) is 6.87. The zero-order valence-electron chi connectivity index (χ0n) is 15.0. The number of thiazole rings is 1. The second-order valence-corrected chi connectivity index (χ2v) is 8.64. The zero-order valence-corrected chi connectivity index (χ0v) is 15.8. The van der Waals surface area contributed by atoms with Crippen LogP contribution in [0.3, 0.4) is 0 Å². The first kappa shape index (κ1) is 15.5. The predicted molar refractivity (Wildman–Crippen MR) is 100 cm³/mol. The highest BCUT2D eigenvalue weighted by molar-refractivity contribution is 7.22. The van der Waals surface area contributed by atoms with Crippen LogP contribution in [-0.2, 0) is 5.54 Å². The van der Waals surface area contributed by atoms with E-state index in [-0.39, 0.29) is 10.9 Å². The van der Waals surface area contributed by atoms with Gasteiger partial charge >= 0.3 is 12.1 Å². The van der Waals surface area contributed by atoms with Gasteiger partial charge in [0.05, 0.1) is 16.6 Å². The number of nitrogens with zero attached hydrogens (tertiary/aromatic N) is 3. The highest BCUT2D eigenvalue weighted by Crippen LogP contribution is 2.56. The minimum absolute atomic E-state index is 0.135. The molecule has 0 amide bonds. The van der Waals surface area contributed by atoms with Crippen LogP contribution in [0, 0.1) is 0 Å². The van der Waals surface area contributed by atoms with Gasteiger partial charge in [0.1, 0.15) is 11.1 Å². The van der Waals surface area contributed by atoms with E-state index >= 15 is 0 Å². The average molecular weight is 328 g/mol. The largest absolute Gasteiger partial charge is 0.475 e. The number of rotatable bonds is 2. The maximum Gasteiger partial charge on any atom is 0.475 e. The second-order valence-electron chi connectivity index (χ2n) is 7.63. The Kier molecular flexibility index (Phi) is 3.34. The third kappa shape index (κ3) is 1.73. The summed E-state index contributed by atoms with van der Waals surface area (Å²) < 4.78 is 4.09. The molecule has 3 nitrogen and oxygen atoms in total. The van der Waals surface area contributed by atoms with E-state index in [1.807, 2.05) is 11.3 Å². The van der Waals surface area contributed by atoms with Crippen molar-refractivity contribution < 1.29 is 4.57 Å². The van der Waals surface area contributed by atoms with Crippen molar-refractivity contribution in [3.05, 3.63) is 24.3 Å². The van der Waals surface area contributed by atoms with E-state index in [0.29, 0.717) is 6.98 Å². The summed E-state index contributed by atoms with van der Waals surface area (Å²) in [5.41, 5.74) is 1.54. The van der Waals surface area contributed by atoms with Gasteiger partial charge in [-0.2, -0.15) is 0 Å². The molecule has 1 aromatic carbocycles. The Hall–Kier alpha value is -1.07. The molecule has 2 unspecified atom stereocenters. The van der Waals surface area contributed by atoms with E-state index in [4.69, 9.17) is 0 Å². The molecule has 0 N–H and O–H groups in total. The van der Waals surface area contributed by atoms with Gasteiger partial charge in [-0.1, -0.05) is 32.9 Å². The number of hydrogen-bond donors (Lipinski definition) is 0. The van der Waals surface area contributed by atoms with Crippen LogP contribution in [-0.4, -0.2) is 31.9 Å². The Balaban J connectivity index is 2.08. The quantitative estimate of drug-likeness (QED) is 0.614. The molecular formula is C18H27BN3S+. The Morgan fingerprint density at radius 1 is 1.17 bits per heavy atom. The zero-order chi connectivity index (χ0) is 16.4. The van der Waals surface area contributed by atoms with Gasteiger partial charge in [0.2, 0.25) is 0 Å². The molecule has 0 aliphatic carbocycles. The number of hydrogen-bond acceptors (Lipinski definition) is 3. The molecule has 0 bridgehead atoms. The van der Waals surface area contributed by atoms with E-state index in [2.05, 4.69) is 73.2 Å². The lowest BCUT2D eigenvalue weighted by atomic mass is 9.40. The van der Waals surface area contributed by atoms with Crippen molar-refractivity contribution in [1.29, 1.82) is 0 Å².